The molecule has 0 amide bonds. The number of nitro benzene ring substituents is 2. The molecule has 0 atom stereocenters. The van der Waals surface area contributed by atoms with E-state index in [1.165, 1.54) is 48.5 Å². The van der Waals surface area contributed by atoms with Gasteiger partial charge in [0.25, 0.3) is 11.4 Å². The summed E-state index contributed by atoms with van der Waals surface area (Å²) in [5, 5.41) is 24.9. The SMILES string of the molecule is NN=C(c1ccc([N+](=O)[O-])cc1)c1ccc([N+](=O)[O-])cc1. The molecule has 8 nitrogen and oxygen atoms in total. The lowest BCUT2D eigenvalue weighted by molar-refractivity contribution is -0.385. The summed E-state index contributed by atoms with van der Waals surface area (Å²) in [4.78, 5) is 20.2. The van der Waals surface area contributed by atoms with Gasteiger partial charge in [-0.2, -0.15) is 5.10 Å². The quantitative estimate of drug-likeness (QED) is 0.399. The first-order valence-corrected chi connectivity index (χ1v) is 5.80. The third-order valence-electron chi connectivity index (χ3n) is 2.83. The molecule has 0 fully saturated rings. The van der Waals surface area contributed by atoms with Crippen LogP contribution in [0, 0.1) is 20.2 Å². The average Bonchev–Trinajstić information content (AvgIpc) is 2.49. The summed E-state index contributed by atoms with van der Waals surface area (Å²) in [5.74, 6) is 5.35. The highest BCUT2D eigenvalue weighted by molar-refractivity contribution is 6.12. The molecule has 0 aliphatic heterocycles. The van der Waals surface area contributed by atoms with Crippen molar-refractivity contribution in [1.82, 2.24) is 0 Å². The maximum Gasteiger partial charge on any atom is 0.269 e. The predicted octanol–water partition coefficient (Wildman–Crippen LogP) is 2.21. The number of hydrogen-bond acceptors (Lipinski definition) is 6. The molecule has 0 bridgehead atoms. The molecule has 106 valence electrons. The first-order chi connectivity index (χ1) is 10.0. The summed E-state index contributed by atoms with van der Waals surface area (Å²) in [6.07, 6.45) is 0. The summed E-state index contributed by atoms with van der Waals surface area (Å²) >= 11 is 0. The molecular formula is C13H10N4O4. The fourth-order valence-corrected chi connectivity index (χ4v) is 1.80. The van der Waals surface area contributed by atoms with Gasteiger partial charge in [0.1, 0.15) is 0 Å². The number of nitro groups is 2. The van der Waals surface area contributed by atoms with E-state index < -0.39 is 9.85 Å². The highest BCUT2D eigenvalue weighted by Crippen LogP contribution is 2.18. The van der Waals surface area contributed by atoms with Crippen LogP contribution >= 0.6 is 0 Å². The standard InChI is InChI=1S/C13H10N4O4/c14-15-13(9-1-5-11(6-2-9)16(18)19)10-3-7-12(8-4-10)17(20)21/h1-8H,14H2. The first-order valence-electron chi connectivity index (χ1n) is 5.80. The summed E-state index contributed by atoms with van der Waals surface area (Å²) in [6, 6.07) is 11.4. The largest absolute Gasteiger partial charge is 0.323 e. The fraction of sp³-hybridized carbons (Fsp3) is 0. The number of nitrogens with two attached hydrogens (primary N) is 1. The Morgan fingerprint density at radius 3 is 1.38 bits per heavy atom. The molecule has 0 saturated heterocycles. The van der Waals surface area contributed by atoms with E-state index in [9.17, 15) is 20.2 Å². The van der Waals surface area contributed by atoms with Gasteiger partial charge in [0.15, 0.2) is 0 Å². The molecule has 2 aromatic carbocycles. The molecular weight excluding hydrogens is 276 g/mol. The topological polar surface area (TPSA) is 125 Å². The van der Waals surface area contributed by atoms with Crippen molar-refractivity contribution in [2.75, 3.05) is 0 Å². The summed E-state index contributed by atoms with van der Waals surface area (Å²) in [7, 11) is 0. The van der Waals surface area contributed by atoms with Crippen molar-refractivity contribution in [2.24, 2.45) is 10.9 Å². The maximum atomic E-state index is 10.6. The van der Waals surface area contributed by atoms with Crippen LogP contribution in [0.4, 0.5) is 11.4 Å². The lowest BCUT2D eigenvalue weighted by atomic mass is 10.0. The van der Waals surface area contributed by atoms with Gasteiger partial charge in [0.05, 0.1) is 15.6 Å². The van der Waals surface area contributed by atoms with Crippen LogP contribution in [0.5, 0.6) is 0 Å². The van der Waals surface area contributed by atoms with E-state index in [-0.39, 0.29) is 11.4 Å². The predicted molar refractivity (Wildman–Crippen MR) is 76.0 cm³/mol. The van der Waals surface area contributed by atoms with Gasteiger partial charge in [-0.05, 0) is 24.3 Å². The minimum atomic E-state index is -0.505. The van der Waals surface area contributed by atoms with Gasteiger partial charge in [0.2, 0.25) is 0 Å². The molecule has 2 aromatic rings. The molecule has 0 saturated carbocycles. The van der Waals surface area contributed by atoms with Crippen LogP contribution in [-0.2, 0) is 0 Å². The van der Waals surface area contributed by atoms with Crippen LogP contribution < -0.4 is 5.84 Å². The maximum absolute atomic E-state index is 10.6. The van der Waals surface area contributed by atoms with E-state index in [4.69, 9.17) is 5.84 Å². The molecule has 0 heterocycles. The van der Waals surface area contributed by atoms with Gasteiger partial charge in [-0.3, -0.25) is 20.2 Å². The Kier molecular flexibility index (Phi) is 3.89. The Hall–Kier alpha value is -3.29. The van der Waals surface area contributed by atoms with Crippen molar-refractivity contribution in [3.63, 3.8) is 0 Å². The summed E-state index contributed by atoms with van der Waals surface area (Å²) in [6.45, 7) is 0. The van der Waals surface area contributed by atoms with Gasteiger partial charge < -0.3 is 5.84 Å². The van der Waals surface area contributed by atoms with Crippen molar-refractivity contribution in [1.29, 1.82) is 0 Å². The molecule has 0 aliphatic rings. The minimum absolute atomic E-state index is 0.0428. The third kappa shape index (κ3) is 3.00. The zero-order valence-electron chi connectivity index (χ0n) is 10.7. The number of hydrazone groups is 1. The Balaban J connectivity index is 2.35. The molecule has 0 spiro atoms. The van der Waals surface area contributed by atoms with Crippen molar-refractivity contribution >= 4 is 17.1 Å². The molecule has 0 radical (unpaired) electrons. The Bertz CT molecular complexity index is 648. The van der Waals surface area contributed by atoms with Crippen LogP contribution in [0.2, 0.25) is 0 Å². The first kappa shape index (κ1) is 14.1. The van der Waals surface area contributed by atoms with Crippen molar-refractivity contribution in [2.45, 2.75) is 0 Å². The van der Waals surface area contributed by atoms with Gasteiger partial charge >= 0.3 is 0 Å². The van der Waals surface area contributed by atoms with Crippen molar-refractivity contribution in [3.8, 4) is 0 Å². The number of rotatable bonds is 4. The second-order valence-corrected chi connectivity index (χ2v) is 4.09. The second kappa shape index (κ2) is 5.78. The molecule has 0 unspecified atom stereocenters. The molecule has 21 heavy (non-hydrogen) atoms. The van der Waals surface area contributed by atoms with E-state index in [1.54, 1.807) is 0 Å². The fourth-order valence-electron chi connectivity index (χ4n) is 1.80. The summed E-state index contributed by atoms with van der Waals surface area (Å²) < 4.78 is 0. The van der Waals surface area contributed by atoms with Gasteiger partial charge in [-0.15, -0.1) is 0 Å². The van der Waals surface area contributed by atoms with Crippen LogP contribution in [0.15, 0.2) is 53.6 Å². The normalized spacial score (nSPS) is 9.90. The second-order valence-electron chi connectivity index (χ2n) is 4.09. The number of hydrogen-bond donors (Lipinski definition) is 1. The van der Waals surface area contributed by atoms with Gasteiger partial charge in [-0.1, -0.05) is 0 Å². The molecule has 2 N–H and O–H groups in total. The lowest BCUT2D eigenvalue weighted by Crippen LogP contribution is -2.06. The van der Waals surface area contributed by atoms with Crippen LogP contribution in [-0.4, -0.2) is 15.6 Å². The van der Waals surface area contributed by atoms with Crippen LogP contribution in [0.3, 0.4) is 0 Å². The average molecular weight is 286 g/mol. The smallest absolute Gasteiger partial charge is 0.269 e. The van der Waals surface area contributed by atoms with E-state index in [1.807, 2.05) is 0 Å². The summed E-state index contributed by atoms with van der Waals surface area (Å²) in [5.41, 5.74) is 1.46. The number of non-ortho nitro benzene ring substituents is 2. The van der Waals surface area contributed by atoms with E-state index in [2.05, 4.69) is 5.10 Å². The lowest BCUT2D eigenvalue weighted by Gasteiger charge is -2.05. The zero-order chi connectivity index (χ0) is 15.4. The molecule has 8 heteroatoms. The zero-order valence-corrected chi connectivity index (χ0v) is 10.7. The van der Waals surface area contributed by atoms with Crippen molar-refractivity contribution in [3.05, 3.63) is 79.9 Å². The highest BCUT2D eigenvalue weighted by Gasteiger charge is 2.12. The van der Waals surface area contributed by atoms with E-state index in [0.29, 0.717) is 16.8 Å². The van der Waals surface area contributed by atoms with E-state index >= 15 is 0 Å². The Morgan fingerprint density at radius 2 is 1.14 bits per heavy atom. The van der Waals surface area contributed by atoms with Gasteiger partial charge in [-0.25, -0.2) is 0 Å². The molecule has 2 rings (SSSR count). The third-order valence-corrected chi connectivity index (χ3v) is 2.83. The Morgan fingerprint density at radius 1 is 0.810 bits per heavy atom. The van der Waals surface area contributed by atoms with Gasteiger partial charge in [0, 0.05) is 35.4 Å². The van der Waals surface area contributed by atoms with E-state index in [0.717, 1.165) is 0 Å². The van der Waals surface area contributed by atoms with Crippen molar-refractivity contribution < 1.29 is 9.85 Å². The van der Waals surface area contributed by atoms with Crippen LogP contribution in [0.1, 0.15) is 11.1 Å². The number of benzene rings is 2. The molecule has 0 aliphatic carbocycles. The highest BCUT2D eigenvalue weighted by atomic mass is 16.6. The van der Waals surface area contributed by atoms with Crippen LogP contribution in [0.25, 0.3) is 0 Å². The number of nitrogens with zero attached hydrogens (tertiary/aromatic N) is 3. The Labute approximate surface area is 118 Å². The minimum Gasteiger partial charge on any atom is -0.323 e. The monoisotopic (exact) mass is 286 g/mol. The molecule has 0 aromatic heterocycles.